The van der Waals surface area contributed by atoms with Gasteiger partial charge in [0.2, 0.25) is 0 Å². The fourth-order valence-corrected chi connectivity index (χ4v) is 4.24. The van der Waals surface area contributed by atoms with Gasteiger partial charge in [-0.3, -0.25) is 9.78 Å². The van der Waals surface area contributed by atoms with Crippen molar-refractivity contribution in [1.82, 2.24) is 9.88 Å². The summed E-state index contributed by atoms with van der Waals surface area (Å²) in [5, 5.41) is 3.21. The van der Waals surface area contributed by atoms with Crippen LogP contribution < -0.4 is 9.64 Å². The molecule has 0 bridgehead atoms. The molecule has 1 aromatic heterocycles. The Morgan fingerprint density at radius 3 is 2.53 bits per heavy atom. The normalized spacial score (nSPS) is 14.3. The first-order valence-electron chi connectivity index (χ1n) is 10.2. The van der Waals surface area contributed by atoms with Crippen LogP contribution in [0.3, 0.4) is 0 Å². The molecule has 0 radical (unpaired) electrons. The van der Waals surface area contributed by atoms with Crippen LogP contribution in [0.25, 0.3) is 21.7 Å². The highest BCUT2D eigenvalue weighted by atomic mass is 16.5. The zero-order valence-corrected chi connectivity index (χ0v) is 16.9. The van der Waals surface area contributed by atoms with Crippen LogP contribution in [0.1, 0.15) is 10.4 Å². The molecule has 5 heteroatoms. The van der Waals surface area contributed by atoms with Crippen LogP contribution in [0.4, 0.5) is 5.69 Å². The molecule has 1 amide bonds. The highest BCUT2D eigenvalue weighted by Gasteiger charge is 2.24. The lowest BCUT2D eigenvalue weighted by molar-refractivity contribution is 0.0748. The molecule has 2 heterocycles. The highest BCUT2D eigenvalue weighted by molar-refractivity contribution is 6.15. The number of rotatable bonds is 3. The van der Waals surface area contributed by atoms with E-state index >= 15 is 0 Å². The van der Waals surface area contributed by atoms with Crippen molar-refractivity contribution in [2.75, 3.05) is 38.2 Å². The molecule has 5 nitrogen and oxygen atoms in total. The van der Waals surface area contributed by atoms with E-state index in [0.717, 1.165) is 46.2 Å². The Morgan fingerprint density at radius 2 is 1.70 bits per heavy atom. The van der Waals surface area contributed by atoms with Crippen molar-refractivity contribution in [3.63, 3.8) is 0 Å². The number of hydrogen-bond acceptors (Lipinski definition) is 4. The zero-order valence-electron chi connectivity index (χ0n) is 16.9. The smallest absolute Gasteiger partial charge is 0.256 e. The number of aromatic nitrogens is 1. The van der Waals surface area contributed by atoms with Crippen molar-refractivity contribution in [2.24, 2.45) is 0 Å². The average molecular weight is 397 g/mol. The Hall–Kier alpha value is -3.60. The standard InChI is InChI=1S/C25H23N3O2/c1-30-20-8-4-7-19(17-20)27-12-14-28(15-13-27)25(29)23-16-18-6-2-3-9-21(18)22-10-5-11-26-24(22)23/h2-11,16-17H,12-15H2,1H3. The molecule has 1 aliphatic heterocycles. The van der Waals surface area contributed by atoms with Gasteiger partial charge in [-0.1, -0.05) is 36.4 Å². The number of carbonyl (C=O) groups is 1. The summed E-state index contributed by atoms with van der Waals surface area (Å²) >= 11 is 0. The lowest BCUT2D eigenvalue weighted by Gasteiger charge is -2.36. The van der Waals surface area contributed by atoms with Gasteiger partial charge in [0.15, 0.2) is 0 Å². The third-order valence-corrected chi connectivity index (χ3v) is 5.83. The number of piperazine rings is 1. The fraction of sp³-hybridized carbons (Fsp3) is 0.200. The van der Waals surface area contributed by atoms with E-state index in [1.165, 1.54) is 0 Å². The molecule has 4 aromatic rings. The number of anilines is 1. The van der Waals surface area contributed by atoms with Crippen LogP contribution >= 0.6 is 0 Å². The first-order chi connectivity index (χ1) is 14.7. The summed E-state index contributed by atoms with van der Waals surface area (Å²) in [6, 6.07) is 22.2. The molecule has 0 spiro atoms. The summed E-state index contributed by atoms with van der Waals surface area (Å²) in [6.07, 6.45) is 1.76. The van der Waals surface area contributed by atoms with Crippen molar-refractivity contribution < 1.29 is 9.53 Å². The predicted octanol–water partition coefficient (Wildman–Crippen LogP) is 4.36. The second kappa shape index (κ2) is 7.67. The van der Waals surface area contributed by atoms with Gasteiger partial charge in [0, 0.05) is 49.5 Å². The van der Waals surface area contributed by atoms with Crippen molar-refractivity contribution in [1.29, 1.82) is 0 Å². The van der Waals surface area contributed by atoms with Crippen molar-refractivity contribution in [3.05, 3.63) is 78.5 Å². The zero-order chi connectivity index (χ0) is 20.5. The summed E-state index contributed by atoms with van der Waals surface area (Å²) < 4.78 is 5.34. The number of fused-ring (bicyclic) bond motifs is 3. The number of benzene rings is 3. The lowest BCUT2D eigenvalue weighted by atomic mass is 10.00. The molecule has 0 atom stereocenters. The van der Waals surface area contributed by atoms with E-state index in [9.17, 15) is 4.79 Å². The maximum Gasteiger partial charge on any atom is 0.256 e. The molecule has 1 fully saturated rings. The predicted molar refractivity (Wildman–Crippen MR) is 120 cm³/mol. The fourth-order valence-electron chi connectivity index (χ4n) is 4.24. The van der Waals surface area contributed by atoms with Crippen LogP contribution in [-0.4, -0.2) is 49.1 Å². The lowest BCUT2D eigenvalue weighted by Crippen LogP contribution is -2.48. The summed E-state index contributed by atoms with van der Waals surface area (Å²) in [5.41, 5.74) is 2.58. The van der Waals surface area contributed by atoms with Gasteiger partial charge in [0.1, 0.15) is 5.75 Å². The first-order valence-corrected chi connectivity index (χ1v) is 10.2. The number of amides is 1. The minimum Gasteiger partial charge on any atom is -0.497 e. The van der Waals surface area contributed by atoms with Gasteiger partial charge >= 0.3 is 0 Å². The molecule has 150 valence electrons. The van der Waals surface area contributed by atoms with Crippen LogP contribution in [-0.2, 0) is 0 Å². The molecule has 0 unspecified atom stereocenters. The molecule has 30 heavy (non-hydrogen) atoms. The average Bonchev–Trinajstić information content (AvgIpc) is 2.83. The maximum absolute atomic E-state index is 13.4. The molecular formula is C25H23N3O2. The number of ether oxygens (including phenoxy) is 1. The number of carbonyl (C=O) groups excluding carboxylic acids is 1. The van der Waals surface area contributed by atoms with Crippen molar-refractivity contribution in [2.45, 2.75) is 0 Å². The van der Waals surface area contributed by atoms with Gasteiger partial charge in [-0.25, -0.2) is 0 Å². The quantitative estimate of drug-likeness (QED) is 0.482. The molecule has 5 rings (SSSR count). The second-order valence-corrected chi connectivity index (χ2v) is 7.53. The Bertz CT molecular complexity index is 1230. The largest absolute Gasteiger partial charge is 0.497 e. The van der Waals surface area contributed by atoms with Crippen LogP contribution in [0, 0.1) is 0 Å². The third-order valence-electron chi connectivity index (χ3n) is 5.83. The molecule has 1 saturated heterocycles. The molecule has 0 N–H and O–H groups in total. The SMILES string of the molecule is COc1cccc(N2CCN(C(=O)c3cc4ccccc4c4cccnc34)CC2)c1. The number of hydrogen-bond donors (Lipinski definition) is 0. The van der Waals surface area contributed by atoms with Gasteiger partial charge in [0.25, 0.3) is 5.91 Å². The minimum atomic E-state index is 0.0507. The Balaban J connectivity index is 1.42. The van der Waals surface area contributed by atoms with Gasteiger partial charge in [-0.05, 0) is 35.0 Å². The Labute approximate surface area is 175 Å². The van der Waals surface area contributed by atoms with Crippen LogP contribution in [0.15, 0.2) is 72.9 Å². The highest BCUT2D eigenvalue weighted by Crippen LogP contribution is 2.29. The van der Waals surface area contributed by atoms with Crippen molar-refractivity contribution >= 4 is 33.3 Å². The number of nitrogens with zero attached hydrogens (tertiary/aromatic N) is 3. The van der Waals surface area contributed by atoms with E-state index < -0.39 is 0 Å². The Kier molecular flexibility index (Phi) is 4.71. The number of pyridine rings is 1. The second-order valence-electron chi connectivity index (χ2n) is 7.53. The summed E-state index contributed by atoms with van der Waals surface area (Å²) in [5.74, 6) is 0.898. The van der Waals surface area contributed by atoms with Gasteiger partial charge in [0.05, 0.1) is 18.2 Å². The third kappa shape index (κ3) is 3.22. The van der Waals surface area contributed by atoms with Crippen LogP contribution in [0.2, 0.25) is 0 Å². The summed E-state index contributed by atoms with van der Waals surface area (Å²) in [7, 11) is 1.68. The van der Waals surface area contributed by atoms with E-state index in [1.807, 2.05) is 53.4 Å². The van der Waals surface area contributed by atoms with Crippen LogP contribution in [0.5, 0.6) is 5.75 Å². The van der Waals surface area contributed by atoms with E-state index in [-0.39, 0.29) is 5.91 Å². The Morgan fingerprint density at radius 1 is 0.900 bits per heavy atom. The minimum absolute atomic E-state index is 0.0507. The van der Waals surface area contributed by atoms with Gasteiger partial charge < -0.3 is 14.5 Å². The van der Waals surface area contributed by atoms with Crippen molar-refractivity contribution in [3.8, 4) is 5.75 Å². The molecule has 0 saturated carbocycles. The number of methoxy groups -OCH3 is 1. The van der Waals surface area contributed by atoms with E-state index in [4.69, 9.17) is 4.74 Å². The van der Waals surface area contributed by atoms with E-state index in [0.29, 0.717) is 18.7 Å². The molecular weight excluding hydrogens is 374 g/mol. The summed E-state index contributed by atoms with van der Waals surface area (Å²) in [4.78, 5) is 22.2. The molecule has 1 aliphatic rings. The first kappa shape index (κ1) is 18.4. The molecule has 0 aliphatic carbocycles. The molecule has 3 aromatic carbocycles. The monoisotopic (exact) mass is 397 g/mol. The summed E-state index contributed by atoms with van der Waals surface area (Å²) in [6.45, 7) is 2.93. The topological polar surface area (TPSA) is 45.7 Å². The van der Waals surface area contributed by atoms with Gasteiger partial charge in [-0.2, -0.15) is 0 Å². The van der Waals surface area contributed by atoms with Gasteiger partial charge in [-0.15, -0.1) is 0 Å². The maximum atomic E-state index is 13.4. The van der Waals surface area contributed by atoms with E-state index in [1.54, 1.807) is 13.3 Å². The van der Waals surface area contributed by atoms with E-state index in [2.05, 4.69) is 28.1 Å².